The Kier molecular flexibility index (Phi) is 2.00. The van der Waals surface area contributed by atoms with Gasteiger partial charge in [0.05, 0.1) is 6.20 Å². The molecule has 0 amide bonds. The highest BCUT2D eigenvalue weighted by molar-refractivity contribution is 9.10. The van der Waals surface area contributed by atoms with Crippen LogP contribution in [0.1, 0.15) is 12.6 Å². The predicted octanol–water partition coefficient (Wildman–Crippen LogP) is 2.24. The number of fused-ring (bicyclic) bond motifs is 1. The van der Waals surface area contributed by atoms with E-state index in [9.17, 15) is 0 Å². The molecular weight excluding hydrogens is 230 g/mol. The zero-order valence-corrected chi connectivity index (χ0v) is 8.87. The molecule has 2 aromatic rings. The summed E-state index contributed by atoms with van der Waals surface area (Å²) >= 11 is 3.44. The van der Waals surface area contributed by atoms with E-state index in [0.29, 0.717) is 5.82 Å². The van der Waals surface area contributed by atoms with Gasteiger partial charge in [0, 0.05) is 10.2 Å². The van der Waals surface area contributed by atoms with Crippen LogP contribution in [0.2, 0.25) is 0 Å². The molecule has 0 saturated heterocycles. The highest BCUT2D eigenvalue weighted by Crippen LogP contribution is 2.19. The number of rotatable bonds is 1. The van der Waals surface area contributed by atoms with Gasteiger partial charge in [-0.05, 0) is 18.6 Å². The highest BCUT2D eigenvalue weighted by Gasteiger charge is 2.04. The Labute approximate surface area is 84.7 Å². The number of aromatic nitrogens is 2. The first-order chi connectivity index (χ1) is 6.22. The average Bonchev–Trinajstić information content (AvgIpc) is 2.46. The largest absolute Gasteiger partial charge is 0.383 e. The van der Waals surface area contributed by atoms with Crippen molar-refractivity contribution >= 4 is 27.4 Å². The summed E-state index contributed by atoms with van der Waals surface area (Å²) in [5.74, 6) is 0.694. The van der Waals surface area contributed by atoms with Gasteiger partial charge in [-0.25, -0.2) is 4.98 Å². The summed E-state index contributed by atoms with van der Waals surface area (Å²) in [6.45, 7) is 2.10. The molecule has 0 aliphatic heterocycles. The molecule has 4 heteroatoms. The summed E-state index contributed by atoms with van der Waals surface area (Å²) in [6, 6.07) is 4.01. The monoisotopic (exact) mass is 239 g/mol. The molecule has 2 heterocycles. The SMILES string of the molecule is CCc1cc(Br)cc2ncc(N)n12. The van der Waals surface area contributed by atoms with Crippen LogP contribution in [0.4, 0.5) is 5.82 Å². The fraction of sp³-hybridized carbons (Fsp3) is 0.222. The van der Waals surface area contributed by atoms with E-state index in [1.807, 2.05) is 10.5 Å². The number of nitrogens with zero attached hydrogens (tertiary/aromatic N) is 2. The summed E-state index contributed by atoms with van der Waals surface area (Å²) in [5.41, 5.74) is 7.85. The van der Waals surface area contributed by atoms with Crippen molar-refractivity contribution in [3.63, 3.8) is 0 Å². The van der Waals surface area contributed by atoms with Crippen molar-refractivity contribution in [2.75, 3.05) is 5.73 Å². The number of nitrogen functional groups attached to an aromatic ring is 1. The Morgan fingerprint density at radius 2 is 2.31 bits per heavy atom. The number of aryl methyl sites for hydroxylation is 1. The van der Waals surface area contributed by atoms with Crippen molar-refractivity contribution in [3.05, 3.63) is 28.5 Å². The third kappa shape index (κ3) is 1.31. The van der Waals surface area contributed by atoms with Gasteiger partial charge in [0.1, 0.15) is 11.5 Å². The molecule has 0 aliphatic carbocycles. The molecule has 0 saturated carbocycles. The molecule has 0 bridgehead atoms. The molecule has 0 spiro atoms. The van der Waals surface area contributed by atoms with Crippen LogP contribution < -0.4 is 5.73 Å². The minimum absolute atomic E-state index is 0.694. The minimum atomic E-state index is 0.694. The van der Waals surface area contributed by atoms with Gasteiger partial charge in [0.2, 0.25) is 0 Å². The molecule has 0 aromatic carbocycles. The lowest BCUT2D eigenvalue weighted by molar-refractivity contribution is 0.983. The highest BCUT2D eigenvalue weighted by atomic mass is 79.9. The summed E-state index contributed by atoms with van der Waals surface area (Å²) < 4.78 is 3.01. The fourth-order valence-corrected chi connectivity index (χ4v) is 1.91. The van der Waals surface area contributed by atoms with E-state index in [2.05, 4.69) is 33.9 Å². The second kappa shape index (κ2) is 3.03. The third-order valence-corrected chi connectivity index (χ3v) is 2.50. The Morgan fingerprint density at radius 1 is 1.54 bits per heavy atom. The van der Waals surface area contributed by atoms with Gasteiger partial charge >= 0.3 is 0 Å². The quantitative estimate of drug-likeness (QED) is 0.830. The average molecular weight is 240 g/mol. The van der Waals surface area contributed by atoms with Crippen molar-refractivity contribution in [1.29, 1.82) is 0 Å². The van der Waals surface area contributed by atoms with E-state index in [-0.39, 0.29) is 0 Å². The standard InChI is InChI=1S/C9H10BrN3/c1-2-7-3-6(10)4-9-12-5-8(11)13(7)9/h3-5H,2,11H2,1H3. The lowest BCUT2D eigenvalue weighted by atomic mass is 10.3. The minimum Gasteiger partial charge on any atom is -0.383 e. The van der Waals surface area contributed by atoms with Gasteiger partial charge < -0.3 is 5.73 Å². The van der Waals surface area contributed by atoms with E-state index >= 15 is 0 Å². The molecule has 0 atom stereocenters. The Morgan fingerprint density at radius 3 is 3.00 bits per heavy atom. The van der Waals surface area contributed by atoms with E-state index in [1.54, 1.807) is 6.20 Å². The predicted molar refractivity (Wildman–Crippen MR) is 56.7 cm³/mol. The number of imidazole rings is 1. The summed E-state index contributed by atoms with van der Waals surface area (Å²) in [7, 11) is 0. The van der Waals surface area contributed by atoms with Crippen LogP contribution in [-0.4, -0.2) is 9.38 Å². The summed E-state index contributed by atoms with van der Waals surface area (Å²) in [6.07, 6.45) is 2.62. The van der Waals surface area contributed by atoms with Gasteiger partial charge in [0.15, 0.2) is 0 Å². The van der Waals surface area contributed by atoms with Crippen molar-refractivity contribution in [2.24, 2.45) is 0 Å². The molecule has 2 aromatic heterocycles. The Hall–Kier alpha value is -1.03. The molecule has 68 valence electrons. The molecule has 0 radical (unpaired) electrons. The van der Waals surface area contributed by atoms with Crippen molar-refractivity contribution in [3.8, 4) is 0 Å². The summed E-state index contributed by atoms with van der Waals surface area (Å²) in [4.78, 5) is 4.20. The van der Waals surface area contributed by atoms with Gasteiger partial charge in [-0.2, -0.15) is 0 Å². The van der Waals surface area contributed by atoms with Gasteiger partial charge in [0.25, 0.3) is 0 Å². The number of halogens is 1. The van der Waals surface area contributed by atoms with Gasteiger partial charge in [-0.1, -0.05) is 22.9 Å². The molecule has 2 N–H and O–H groups in total. The van der Waals surface area contributed by atoms with Crippen molar-refractivity contribution in [2.45, 2.75) is 13.3 Å². The first-order valence-corrected chi connectivity index (χ1v) is 4.93. The number of hydrogen-bond donors (Lipinski definition) is 1. The molecule has 0 aliphatic rings. The Bertz CT molecular complexity index is 447. The van der Waals surface area contributed by atoms with E-state index in [1.165, 1.54) is 5.69 Å². The summed E-state index contributed by atoms with van der Waals surface area (Å²) in [5, 5.41) is 0. The molecule has 0 fully saturated rings. The maximum absolute atomic E-state index is 5.79. The van der Waals surface area contributed by atoms with E-state index in [4.69, 9.17) is 5.73 Å². The van der Waals surface area contributed by atoms with Gasteiger partial charge in [-0.15, -0.1) is 0 Å². The molecule has 13 heavy (non-hydrogen) atoms. The van der Waals surface area contributed by atoms with Crippen LogP contribution in [-0.2, 0) is 6.42 Å². The van der Waals surface area contributed by atoms with Crippen LogP contribution in [0.25, 0.3) is 5.65 Å². The second-order valence-corrected chi connectivity index (χ2v) is 3.81. The molecule has 2 rings (SSSR count). The maximum Gasteiger partial charge on any atom is 0.139 e. The number of nitrogens with two attached hydrogens (primary N) is 1. The Balaban J connectivity index is 2.85. The zero-order valence-electron chi connectivity index (χ0n) is 7.29. The zero-order chi connectivity index (χ0) is 9.42. The second-order valence-electron chi connectivity index (χ2n) is 2.90. The number of anilines is 1. The molecule has 3 nitrogen and oxygen atoms in total. The number of hydrogen-bond acceptors (Lipinski definition) is 2. The van der Waals surface area contributed by atoms with Crippen LogP contribution in [0.3, 0.4) is 0 Å². The maximum atomic E-state index is 5.79. The van der Waals surface area contributed by atoms with Crippen molar-refractivity contribution in [1.82, 2.24) is 9.38 Å². The number of pyridine rings is 1. The fourth-order valence-electron chi connectivity index (χ4n) is 1.44. The molecular formula is C9H10BrN3. The topological polar surface area (TPSA) is 43.3 Å². The lowest BCUT2D eigenvalue weighted by Crippen LogP contribution is -1.99. The third-order valence-electron chi connectivity index (χ3n) is 2.04. The normalized spacial score (nSPS) is 10.9. The van der Waals surface area contributed by atoms with Crippen molar-refractivity contribution < 1.29 is 0 Å². The van der Waals surface area contributed by atoms with Crippen LogP contribution >= 0.6 is 15.9 Å². The van der Waals surface area contributed by atoms with E-state index < -0.39 is 0 Å². The van der Waals surface area contributed by atoms with Gasteiger partial charge in [-0.3, -0.25) is 4.40 Å². The lowest BCUT2D eigenvalue weighted by Gasteiger charge is -2.04. The smallest absolute Gasteiger partial charge is 0.139 e. The van der Waals surface area contributed by atoms with Crippen LogP contribution in [0.15, 0.2) is 22.8 Å². The van der Waals surface area contributed by atoms with E-state index in [0.717, 1.165) is 16.5 Å². The van der Waals surface area contributed by atoms with Crippen LogP contribution in [0, 0.1) is 0 Å². The van der Waals surface area contributed by atoms with Crippen LogP contribution in [0.5, 0.6) is 0 Å². The first-order valence-electron chi connectivity index (χ1n) is 4.13. The molecule has 0 unspecified atom stereocenters. The first kappa shape index (κ1) is 8.56.